The first-order valence-corrected chi connectivity index (χ1v) is 9.69. The first-order valence-electron chi connectivity index (χ1n) is 9.69. The third kappa shape index (κ3) is 5.89. The minimum absolute atomic E-state index is 0.0993. The molecule has 0 radical (unpaired) electrons. The standard InChI is InChI=1S/C24H17F3N2O4/c1-2-32-23(31)16-8-6-15(7-9-16)21-11-10-20(33-21)12-17(14-28)22(30)29-19-5-3-4-18(13-19)24(25,26)27/h3-13H,2H2,1H3,(H,29,30)/b17-12+. The molecule has 6 nitrogen and oxygen atoms in total. The lowest BCUT2D eigenvalue weighted by Crippen LogP contribution is -2.14. The molecule has 0 saturated carbocycles. The fourth-order valence-electron chi connectivity index (χ4n) is 2.83. The van der Waals surface area contributed by atoms with Crippen molar-refractivity contribution in [2.75, 3.05) is 11.9 Å². The zero-order chi connectivity index (χ0) is 24.0. The molecule has 0 spiro atoms. The number of nitrogens with one attached hydrogen (secondary N) is 1. The maximum Gasteiger partial charge on any atom is 0.416 e. The summed E-state index contributed by atoms with van der Waals surface area (Å²) in [5.41, 5.74) is -0.351. The van der Waals surface area contributed by atoms with Gasteiger partial charge in [0.05, 0.1) is 17.7 Å². The van der Waals surface area contributed by atoms with Gasteiger partial charge >= 0.3 is 12.1 Å². The monoisotopic (exact) mass is 454 g/mol. The van der Waals surface area contributed by atoms with Crippen LogP contribution in [0.1, 0.15) is 28.6 Å². The molecular formula is C24H17F3N2O4. The minimum Gasteiger partial charge on any atom is -0.462 e. The van der Waals surface area contributed by atoms with E-state index in [4.69, 9.17) is 9.15 Å². The second-order valence-corrected chi connectivity index (χ2v) is 6.70. The number of carbonyl (C=O) groups excluding carboxylic acids is 2. The Morgan fingerprint density at radius 1 is 1.12 bits per heavy atom. The molecule has 1 aromatic heterocycles. The molecule has 0 atom stereocenters. The number of anilines is 1. The van der Waals surface area contributed by atoms with Crippen molar-refractivity contribution in [2.45, 2.75) is 13.1 Å². The quantitative estimate of drug-likeness (QED) is 0.294. The molecule has 0 fully saturated rings. The number of benzene rings is 2. The van der Waals surface area contributed by atoms with Gasteiger partial charge in [0.15, 0.2) is 0 Å². The lowest BCUT2D eigenvalue weighted by molar-refractivity contribution is -0.137. The number of carbonyl (C=O) groups is 2. The van der Waals surface area contributed by atoms with Gasteiger partial charge in [-0.1, -0.05) is 18.2 Å². The SMILES string of the molecule is CCOC(=O)c1ccc(-c2ccc(/C=C(\C#N)C(=O)Nc3cccc(C(F)(F)F)c3)o2)cc1. The lowest BCUT2D eigenvalue weighted by Gasteiger charge is -2.09. The van der Waals surface area contributed by atoms with Gasteiger partial charge in [-0.05, 0) is 49.4 Å². The minimum atomic E-state index is -4.56. The number of furan rings is 1. The van der Waals surface area contributed by atoms with E-state index < -0.39 is 23.6 Å². The van der Waals surface area contributed by atoms with Gasteiger partial charge in [-0.2, -0.15) is 18.4 Å². The van der Waals surface area contributed by atoms with Crippen molar-refractivity contribution in [2.24, 2.45) is 0 Å². The van der Waals surface area contributed by atoms with Crippen LogP contribution in [0.4, 0.5) is 18.9 Å². The van der Waals surface area contributed by atoms with Crippen LogP contribution in [0, 0.1) is 11.3 Å². The number of nitriles is 1. The summed E-state index contributed by atoms with van der Waals surface area (Å²) in [5.74, 6) is -0.714. The molecule has 33 heavy (non-hydrogen) atoms. The number of halogens is 3. The Morgan fingerprint density at radius 2 is 1.85 bits per heavy atom. The predicted molar refractivity (Wildman–Crippen MR) is 114 cm³/mol. The van der Waals surface area contributed by atoms with Crippen molar-refractivity contribution in [1.82, 2.24) is 0 Å². The summed E-state index contributed by atoms with van der Waals surface area (Å²) < 4.78 is 49.1. The van der Waals surface area contributed by atoms with Gasteiger partial charge in [0.1, 0.15) is 23.2 Å². The Balaban J connectivity index is 1.75. The molecule has 3 aromatic rings. The van der Waals surface area contributed by atoms with Gasteiger partial charge in [-0.15, -0.1) is 0 Å². The van der Waals surface area contributed by atoms with Gasteiger partial charge in [-0.25, -0.2) is 4.79 Å². The molecule has 1 N–H and O–H groups in total. The van der Waals surface area contributed by atoms with E-state index in [-0.39, 0.29) is 23.6 Å². The Kier molecular flexibility index (Phi) is 6.98. The maximum atomic E-state index is 12.8. The van der Waals surface area contributed by atoms with Crippen LogP contribution in [0.5, 0.6) is 0 Å². The van der Waals surface area contributed by atoms with E-state index in [2.05, 4.69) is 5.32 Å². The molecule has 0 aliphatic rings. The average Bonchev–Trinajstić information content (AvgIpc) is 3.26. The number of rotatable bonds is 6. The van der Waals surface area contributed by atoms with Gasteiger partial charge in [0.2, 0.25) is 0 Å². The molecule has 3 rings (SSSR count). The van der Waals surface area contributed by atoms with Crippen molar-refractivity contribution in [1.29, 1.82) is 5.26 Å². The Labute approximate surface area is 186 Å². The second-order valence-electron chi connectivity index (χ2n) is 6.70. The number of esters is 1. The number of hydrogen-bond donors (Lipinski definition) is 1. The summed E-state index contributed by atoms with van der Waals surface area (Å²) in [4.78, 5) is 24.1. The number of alkyl halides is 3. The van der Waals surface area contributed by atoms with Crippen LogP contribution in [0.3, 0.4) is 0 Å². The van der Waals surface area contributed by atoms with Crippen molar-refractivity contribution in [3.8, 4) is 17.4 Å². The summed E-state index contributed by atoms with van der Waals surface area (Å²) in [6.45, 7) is 1.97. The van der Waals surface area contributed by atoms with Crippen molar-refractivity contribution in [3.63, 3.8) is 0 Å². The maximum absolute atomic E-state index is 12.8. The van der Waals surface area contributed by atoms with Gasteiger partial charge < -0.3 is 14.5 Å². The van der Waals surface area contributed by atoms with Gasteiger partial charge in [0.25, 0.3) is 5.91 Å². The summed E-state index contributed by atoms with van der Waals surface area (Å²) in [5, 5.41) is 11.6. The van der Waals surface area contributed by atoms with E-state index in [1.54, 1.807) is 43.3 Å². The molecular weight excluding hydrogens is 437 g/mol. The molecule has 0 unspecified atom stereocenters. The second kappa shape index (κ2) is 9.87. The summed E-state index contributed by atoms with van der Waals surface area (Å²) in [7, 11) is 0. The zero-order valence-electron chi connectivity index (χ0n) is 17.3. The Bertz CT molecular complexity index is 1240. The summed E-state index contributed by atoms with van der Waals surface area (Å²) in [6.07, 6.45) is -3.38. The lowest BCUT2D eigenvalue weighted by atomic mass is 10.1. The number of amides is 1. The number of ether oxygens (including phenoxy) is 1. The third-order valence-electron chi connectivity index (χ3n) is 4.41. The summed E-state index contributed by atoms with van der Waals surface area (Å²) >= 11 is 0. The van der Waals surface area contributed by atoms with Crippen LogP contribution in [0.15, 0.2) is 70.7 Å². The van der Waals surface area contributed by atoms with E-state index in [0.717, 1.165) is 18.2 Å². The van der Waals surface area contributed by atoms with E-state index in [9.17, 15) is 28.0 Å². The number of nitrogens with zero attached hydrogens (tertiary/aromatic N) is 1. The highest BCUT2D eigenvalue weighted by Gasteiger charge is 2.30. The highest BCUT2D eigenvalue weighted by atomic mass is 19.4. The molecule has 0 bridgehead atoms. The Hall–Kier alpha value is -4.32. The normalized spacial score (nSPS) is 11.5. The van der Waals surface area contributed by atoms with E-state index in [1.165, 1.54) is 18.2 Å². The number of hydrogen-bond acceptors (Lipinski definition) is 5. The van der Waals surface area contributed by atoms with Crippen LogP contribution in [-0.4, -0.2) is 18.5 Å². The molecule has 168 valence electrons. The molecule has 1 amide bonds. The molecule has 9 heteroatoms. The fourth-order valence-corrected chi connectivity index (χ4v) is 2.83. The summed E-state index contributed by atoms with van der Waals surface area (Å²) in [6, 6.07) is 15.4. The first kappa shape index (κ1) is 23.3. The van der Waals surface area contributed by atoms with Crippen LogP contribution >= 0.6 is 0 Å². The molecule has 2 aromatic carbocycles. The van der Waals surface area contributed by atoms with E-state index in [0.29, 0.717) is 16.9 Å². The van der Waals surface area contributed by atoms with Crippen LogP contribution in [-0.2, 0) is 15.7 Å². The van der Waals surface area contributed by atoms with E-state index >= 15 is 0 Å². The van der Waals surface area contributed by atoms with Gasteiger partial charge in [-0.3, -0.25) is 4.79 Å². The van der Waals surface area contributed by atoms with Gasteiger partial charge in [0, 0.05) is 17.3 Å². The zero-order valence-corrected chi connectivity index (χ0v) is 17.3. The molecule has 0 aliphatic carbocycles. The van der Waals surface area contributed by atoms with Crippen LogP contribution < -0.4 is 5.32 Å². The van der Waals surface area contributed by atoms with Crippen LogP contribution in [0.2, 0.25) is 0 Å². The first-order chi connectivity index (χ1) is 15.7. The molecule has 0 saturated heterocycles. The molecule has 0 aliphatic heterocycles. The highest BCUT2D eigenvalue weighted by Crippen LogP contribution is 2.31. The average molecular weight is 454 g/mol. The third-order valence-corrected chi connectivity index (χ3v) is 4.41. The van der Waals surface area contributed by atoms with E-state index in [1.807, 2.05) is 0 Å². The fraction of sp³-hybridized carbons (Fsp3) is 0.125. The van der Waals surface area contributed by atoms with Crippen molar-refractivity contribution >= 4 is 23.6 Å². The smallest absolute Gasteiger partial charge is 0.416 e. The van der Waals surface area contributed by atoms with Crippen molar-refractivity contribution < 1.29 is 31.9 Å². The predicted octanol–water partition coefficient (Wildman–Crippen LogP) is 5.69. The van der Waals surface area contributed by atoms with Crippen LogP contribution in [0.25, 0.3) is 17.4 Å². The highest BCUT2D eigenvalue weighted by molar-refractivity contribution is 6.09. The van der Waals surface area contributed by atoms with Crippen molar-refractivity contribution in [3.05, 3.63) is 83.1 Å². The topological polar surface area (TPSA) is 92.3 Å². The molecule has 1 heterocycles. The largest absolute Gasteiger partial charge is 0.462 e. The Morgan fingerprint density at radius 3 is 2.48 bits per heavy atom.